The molecule has 1 heterocycles. The standard InChI is InChI=1S/C7H11NO/c1-6-4-5-7(9-6)8(2)3/h4-5H,1-3H3. The van der Waals surface area contributed by atoms with Gasteiger partial charge in [0.1, 0.15) is 5.76 Å². The van der Waals surface area contributed by atoms with Crippen molar-refractivity contribution in [2.75, 3.05) is 19.0 Å². The average molecular weight is 125 g/mol. The Labute approximate surface area is 55.1 Å². The Bertz CT molecular complexity index is 191. The first-order valence-electron chi connectivity index (χ1n) is 2.94. The van der Waals surface area contributed by atoms with E-state index in [0.29, 0.717) is 0 Å². The molecule has 0 amide bonds. The molecule has 0 unspecified atom stereocenters. The maximum Gasteiger partial charge on any atom is 0.195 e. The van der Waals surface area contributed by atoms with Gasteiger partial charge in [-0.05, 0) is 13.0 Å². The van der Waals surface area contributed by atoms with Crippen molar-refractivity contribution in [1.82, 2.24) is 0 Å². The number of rotatable bonds is 1. The van der Waals surface area contributed by atoms with Crippen molar-refractivity contribution in [3.63, 3.8) is 0 Å². The molecule has 0 atom stereocenters. The summed E-state index contributed by atoms with van der Waals surface area (Å²) in [6.07, 6.45) is 0. The number of furan rings is 1. The summed E-state index contributed by atoms with van der Waals surface area (Å²) < 4.78 is 5.27. The van der Waals surface area contributed by atoms with Crippen LogP contribution in [-0.2, 0) is 0 Å². The Kier molecular flexibility index (Phi) is 1.47. The monoisotopic (exact) mass is 125 g/mol. The zero-order chi connectivity index (χ0) is 6.85. The van der Waals surface area contributed by atoms with E-state index in [-0.39, 0.29) is 0 Å². The normalized spacial score (nSPS) is 9.67. The topological polar surface area (TPSA) is 16.4 Å². The van der Waals surface area contributed by atoms with E-state index in [4.69, 9.17) is 4.42 Å². The van der Waals surface area contributed by atoms with Gasteiger partial charge in [-0.2, -0.15) is 0 Å². The fourth-order valence-corrected chi connectivity index (χ4v) is 0.662. The highest BCUT2D eigenvalue weighted by molar-refractivity contribution is 5.33. The summed E-state index contributed by atoms with van der Waals surface area (Å²) in [6.45, 7) is 1.94. The van der Waals surface area contributed by atoms with Crippen LogP contribution in [0.5, 0.6) is 0 Å². The molecule has 1 aromatic heterocycles. The molecular formula is C7H11NO. The molecular weight excluding hydrogens is 114 g/mol. The van der Waals surface area contributed by atoms with Gasteiger partial charge in [0.25, 0.3) is 0 Å². The largest absolute Gasteiger partial charge is 0.446 e. The van der Waals surface area contributed by atoms with Gasteiger partial charge in [0.05, 0.1) is 0 Å². The van der Waals surface area contributed by atoms with Gasteiger partial charge >= 0.3 is 0 Å². The minimum atomic E-state index is 0.910. The molecule has 0 N–H and O–H groups in total. The van der Waals surface area contributed by atoms with Gasteiger partial charge in [0.15, 0.2) is 5.88 Å². The molecule has 50 valence electrons. The molecule has 2 heteroatoms. The van der Waals surface area contributed by atoms with E-state index in [0.717, 1.165) is 11.6 Å². The summed E-state index contributed by atoms with van der Waals surface area (Å²) in [4.78, 5) is 1.94. The van der Waals surface area contributed by atoms with Crippen molar-refractivity contribution in [3.05, 3.63) is 17.9 Å². The molecule has 0 aliphatic rings. The van der Waals surface area contributed by atoms with E-state index in [2.05, 4.69) is 0 Å². The fourth-order valence-electron chi connectivity index (χ4n) is 0.662. The Morgan fingerprint density at radius 2 is 2.00 bits per heavy atom. The highest BCUT2D eigenvalue weighted by atomic mass is 16.4. The smallest absolute Gasteiger partial charge is 0.195 e. The quantitative estimate of drug-likeness (QED) is 0.567. The van der Waals surface area contributed by atoms with Crippen LogP contribution in [0.1, 0.15) is 5.76 Å². The second-order valence-corrected chi connectivity index (χ2v) is 2.28. The lowest BCUT2D eigenvalue weighted by Gasteiger charge is -2.05. The SMILES string of the molecule is Cc1ccc(N(C)C)o1. The van der Waals surface area contributed by atoms with Crippen LogP contribution in [0.3, 0.4) is 0 Å². The zero-order valence-electron chi connectivity index (χ0n) is 6.01. The number of nitrogens with zero attached hydrogens (tertiary/aromatic N) is 1. The highest BCUT2D eigenvalue weighted by Gasteiger charge is 1.97. The molecule has 0 radical (unpaired) electrons. The van der Waals surface area contributed by atoms with Gasteiger partial charge in [-0.3, -0.25) is 0 Å². The second kappa shape index (κ2) is 2.13. The van der Waals surface area contributed by atoms with Crippen molar-refractivity contribution in [1.29, 1.82) is 0 Å². The summed E-state index contributed by atoms with van der Waals surface area (Å²) in [5, 5.41) is 0. The molecule has 0 spiro atoms. The molecule has 0 saturated heterocycles. The van der Waals surface area contributed by atoms with Gasteiger partial charge < -0.3 is 9.32 Å². The predicted octanol–water partition coefficient (Wildman–Crippen LogP) is 1.65. The van der Waals surface area contributed by atoms with Crippen LogP contribution < -0.4 is 4.90 Å². The van der Waals surface area contributed by atoms with Gasteiger partial charge in [0, 0.05) is 20.2 Å². The third-order valence-electron chi connectivity index (χ3n) is 1.17. The van der Waals surface area contributed by atoms with Gasteiger partial charge in [0.2, 0.25) is 0 Å². The molecule has 0 fully saturated rings. The van der Waals surface area contributed by atoms with Crippen molar-refractivity contribution in [3.8, 4) is 0 Å². The van der Waals surface area contributed by atoms with Crippen molar-refractivity contribution < 1.29 is 4.42 Å². The molecule has 0 aromatic carbocycles. The molecule has 0 saturated carbocycles. The number of hydrogen-bond acceptors (Lipinski definition) is 2. The molecule has 0 aliphatic heterocycles. The Balaban J connectivity index is 2.85. The van der Waals surface area contributed by atoms with E-state index >= 15 is 0 Å². The summed E-state index contributed by atoms with van der Waals surface area (Å²) in [5.74, 6) is 1.87. The maximum atomic E-state index is 5.27. The van der Waals surface area contributed by atoms with Gasteiger partial charge in [-0.1, -0.05) is 0 Å². The predicted molar refractivity (Wildman–Crippen MR) is 37.8 cm³/mol. The van der Waals surface area contributed by atoms with Crippen LogP contribution in [0.4, 0.5) is 5.88 Å². The first kappa shape index (κ1) is 6.20. The van der Waals surface area contributed by atoms with E-state index in [1.165, 1.54) is 0 Å². The molecule has 1 aromatic rings. The molecule has 9 heavy (non-hydrogen) atoms. The average Bonchev–Trinajstić information content (AvgIpc) is 2.14. The Morgan fingerprint density at radius 3 is 2.22 bits per heavy atom. The zero-order valence-corrected chi connectivity index (χ0v) is 6.01. The lowest BCUT2D eigenvalue weighted by atomic mass is 10.5. The lowest BCUT2D eigenvalue weighted by Crippen LogP contribution is -2.06. The molecule has 1 rings (SSSR count). The maximum absolute atomic E-state index is 5.27. The van der Waals surface area contributed by atoms with E-state index in [1.807, 2.05) is 38.1 Å². The van der Waals surface area contributed by atoms with Crippen LogP contribution in [0.15, 0.2) is 16.5 Å². The van der Waals surface area contributed by atoms with Gasteiger partial charge in [-0.15, -0.1) is 0 Å². The van der Waals surface area contributed by atoms with Crippen LogP contribution in [-0.4, -0.2) is 14.1 Å². The van der Waals surface area contributed by atoms with Crippen molar-refractivity contribution in [2.24, 2.45) is 0 Å². The van der Waals surface area contributed by atoms with E-state index < -0.39 is 0 Å². The molecule has 2 nitrogen and oxygen atoms in total. The number of anilines is 1. The Morgan fingerprint density at radius 1 is 1.33 bits per heavy atom. The summed E-state index contributed by atoms with van der Waals surface area (Å²) in [6, 6.07) is 3.91. The summed E-state index contributed by atoms with van der Waals surface area (Å²) in [5.41, 5.74) is 0. The lowest BCUT2D eigenvalue weighted by molar-refractivity contribution is 0.534. The van der Waals surface area contributed by atoms with Crippen LogP contribution in [0.25, 0.3) is 0 Å². The Hall–Kier alpha value is -0.920. The van der Waals surface area contributed by atoms with Crippen LogP contribution in [0.2, 0.25) is 0 Å². The van der Waals surface area contributed by atoms with Crippen LogP contribution in [0, 0.1) is 6.92 Å². The second-order valence-electron chi connectivity index (χ2n) is 2.28. The minimum Gasteiger partial charge on any atom is -0.446 e. The van der Waals surface area contributed by atoms with E-state index in [1.54, 1.807) is 0 Å². The first-order valence-corrected chi connectivity index (χ1v) is 2.94. The minimum absolute atomic E-state index is 0.910. The van der Waals surface area contributed by atoms with Gasteiger partial charge in [-0.25, -0.2) is 0 Å². The van der Waals surface area contributed by atoms with Crippen molar-refractivity contribution in [2.45, 2.75) is 6.92 Å². The number of aryl methyl sites for hydroxylation is 1. The first-order chi connectivity index (χ1) is 4.20. The third kappa shape index (κ3) is 1.25. The van der Waals surface area contributed by atoms with E-state index in [9.17, 15) is 0 Å². The molecule has 0 aliphatic carbocycles. The summed E-state index contributed by atoms with van der Waals surface area (Å²) >= 11 is 0. The third-order valence-corrected chi connectivity index (χ3v) is 1.17. The fraction of sp³-hybridized carbons (Fsp3) is 0.429. The van der Waals surface area contributed by atoms with Crippen LogP contribution >= 0.6 is 0 Å². The molecule has 0 bridgehead atoms. The van der Waals surface area contributed by atoms with Crippen molar-refractivity contribution >= 4 is 5.88 Å². The summed E-state index contributed by atoms with van der Waals surface area (Å²) in [7, 11) is 3.91. The number of hydrogen-bond donors (Lipinski definition) is 0. The highest BCUT2D eigenvalue weighted by Crippen LogP contribution is 2.13.